The zero-order valence-corrected chi connectivity index (χ0v) is 37.0. The lowest BCUT2D eigenvalue weighted by molar-refractivity contribution is 0.668. The molecule has 13 aromatic rings. The second-order valence-electron chi connectivity index (χ2n) is 18.1. The molecule has 3 heterocycles. The molecule has 0 amide bonds. The molecule has 3 aromatic heterocycles. The third kappa shape index (κ3) is 5.38. The summed E-state index contributed by atoms with van der Waals surface area (Å²) in [4.78, 5) is 16.0. The second-order valence-corrected chi connectivity index (χ2v) is 18.1. The SMILES string of the molecule is c1ccc(-c2cccc(-c3nc(-c4ccc5c(c4)-c4ccccc4-c4ccccc4C54c5ccccc5-c5c4ccc4c5oc5ccccc54)nc(-c4cccc5c4oc4ccccc45)n3)c2)cc1. The summed E-state index contributed by atoms with van der Waals surface area (Å²) in [6.45, 7) is 0. The highest BCUT2D eigenvalue weighted by Crippen LogP contribution is 2.63. The summed E-state index contributed by atoms with van der Waals surface area (Å²) >= 11 is 0. The van der Waals surface area contributed by atoms with Gasteiger partial charge in [0, 0.05) is 38.2 Å². The van der Waals surface area contributed by atoms with Crippen LogP contribution in [0.4, 0.5) is 0 Å². The molecule has 0 radical (unpaired) electrons. The minimum absolute atomic E-state index is 0.539. The maximum Gasteiger partial charge on any atom is 0.167 e. The summed E-state index contributed by atoms with van der Waals surface area (Å²) < 4.78 is 13.5. The molecule has 1 unspecified atom stereocenters. The number of para-hydroxylation sites is 3. The van der Waals surface area contributed by atoms with Crippen LogP contribution in [0.1, 0.15) is 22.3 Å². The topological polar surface area (TPSA) is 65.0 Å². The van der Waals surface area contributed by atoms with Crippen molar-refractivity contribution < 1.29 is 8.83 Å². The molecule has 0 bridgehead atoms. The highest BCUT2D eigenvalue weighted by molar-refractivity contribution is 6.13. The molecule has 2 aliphatic carbocycles. The van der Waals surface area contributed by atoms with Gasteiger partial charge in [0.05, 0.1) is 11.0 Å². The summed E-state index contributed by atoms with van der Waals surface area (Å²) in [6, 6.07) is 79.8. The monoisotopic (exact) mass is 879 g/mol. The van der Waals surface area contributed by atoms with Gasteiger partial charge in [0.25, 0.3) is 0 Å². The van der Waals surface area contributed by atoms with Gasteiger partial charge in [-0.3, -0.25) is 0 Å². The van der Waals surface area contributed by atoms with Gasteiger partial charge in [0.15, 0.2) is 17.5 Å². The van der Waals surface area contributed by atoms with Crippen molar-refractivity contribution in [2.24, 2.45) is 0 Å². The van der Waals surface area contributed by atoms with E-state index >= 15 is 0 Å². The molecule has 0 aliphatic heterocycles. The van der Waals surface area contributed by atoms with Crippen LogP contribution >= 0.6 is 0 Å². The molecular weight excluding hydrogens is 843 g/mol. The Kier molecular flexibility index (Phi) is 7.93. The maximum absolute atomic E-state index is 6.87. The molecule has 5 heteroatoms. The molecule has 0 saturated carbocycles. The van der Waals surface area contributed by atoms with Crippen LogP contribution in [0.2, 0.25) is 0 Å². The smallest absolute Gasteiger partial charge is 0.167 e. The van der Waals surface area contributed by atoms with Crippen LogP contribution in [0.5, 0.6) is 0 Å². The first kappa shape index (κ1) is 38.0. The van der Waals surface area contributed by atoms with Crippen LogP contribution in [0.3, 0.4) is 0 Å². The van der Waals surface area contributed by atoms with Crippen LogP contribution in [-0.4, -0.2) is 15.0 Å². The van der Waals surface area contributed by atoms with Gasteiger partial charge in [-0.05, 0) is 91.5 Å². The Morgan fingerprint density at radius 1 is 0.275 bits per heavy atom. The van der Waals surface area contributed by atoms with Crippen LogP contribution in [-0.2, 0) is 5.41 Å². The first-order valence-electron chi connectivity index (χ1n) is 23.4. The average molecular weight is 880 g/mol. The van der Waals surface area contributed by atoms with Gasteiger partial charge in [-0.15, -0.1) is 0 Å². The predicted octanol–water partition coefficient (Wildman–Crippen LogP) is 16.3. The molecule has 1 atom stereocenters. The number of benzene rings is 10. The van der Waals surface area contributed by atoms with Crippen molar-refractivity contribution in [2.75, 3.05) is 0 Å². The van der Waals surface area contributed by atoms with Crippen molar-refractivity contribution in [3.63, 3.8) is 0 Å². The van der Waals surface area contributed by atoms with Crippen LogP contribution < -0.4 is 0 Å². The zero-order chi connectivity index (χ0) is 45.2. The Bertz CT molecular complexity index is 4280. The van der Waals surface area contributed by atoms with Crippen molar-refractivity contribution >= 4 is 43.9 Å². The van der Waals surface area contributed by atoms with Crippen molar-refractivity contribution in [3.8, 4) is 78.7 Å². The molecule has 0 saturated heterocycles. The van der Waals surface area contributed by atoms with E-state index in [9.17, 15) is 0 Å². The fourth-order valence-corrected chi connectivity index (χ4v) is 11.6. The van der Waals surface area contributed by atoms with Crippen molar-refractivity contribution in [3.05, 3.63) is 247 Å². The minimum atomic E-state index is -0.702. The van der Waals surface area contributed by atoms with E-state index < -0.39 is 5.41 Å². The number of aromatic nitrogens is 3. The van der Waals surface area contributed by atoms with Crippen molar-refractivity contribution in [2.45, 2.75) is 5.41 Å². The summed E-state index contributed by atoms with van der Waals surface area (Å²) in [6.07, 6.45) is 0. The Hall–Kier alpha value is -9.19. The second kappa shape index (κ2) is 14.4. The third-order valence-corrected chi connectivity index (χ3v) is 14.6. The molecular formula is C64H37N3O2. The molecule has 5 nitrogen and oxygen atoms in total. The van der Waals surface area contributed by atoms with E-state index in [0.29, 0.717) is 17.5 Å². The van der Waals surface area contributed by atoms with Gasteiger partial charge in [0.1, 0.15) is 22.3 Å². The normalized spacial score (nSPS) is 14.4. The molecule has 10 aromatic carbocycles. The van der Waals surface area contributed by atoms with Gasteiger partial charge >= 0.3 is 0 Å². The van der Waals surface area contributed by atoms with Crippen molar-refractivity contribution in [1.82, 2.24) is 15.0 Å². The molecule has 1 spiro atoms. The average Bonchev–Trinajstić information content (AvgIpc) is 4.07. The number of fused-ring (bicyclic) bond motifs is 19. The third-order valence-electron chi connectivity index (χ3n) is 14.6. The lowest BCUT2D eigenvalue weighted by atomic mass is 9.65. The Labute approximate surface area is 396 Å². The van der Waals surface area contributed by atoms with Crippen LogP contribution in [0.25, 0.3) is 123 Å². The fraction of sp³-hybridized carbons (Fsp3) is 0.0156. The van der Waals surface area contributed by atoms with Gasteiger partial charge < -0.3 is 8.83 Å². The Morgan fingerprint density at radius 2 is 0.768 bits per heavy atom. The number of rotatable bonds is 4. The first-order valence-corrected chi connectivity index (χ1v) is 23.4. The number of hydrogen-bond donors (Lipinski definition) is 0. The van der Waals surface area contributed by atoms with Crippen LogP contribution in [0.15, 0.2) is 233 Å². The summed E-state index contributed by atoms with van der Waals surface area (Å²) in [5, 5.41) is 4.30. The Balaban J connectivity index is 1.01. The van der Waals surface area contributed by atoms with E-state index in [0.717, 1.165) is 88.4 Å². The number of hydrogen-bond acceptors (Lipinski definition) is 5. The molecule has 69 heavy (non-hydrogen) atoms. The van der Waals surface area contributed by atoms with Crippen LogP contribution in [0, 0.1) is 0 Å². The van der Waals surface area contributed by atoms with E-state index in [1.54, 1.807) is 0 Å². The number of furan rings is 2. The lowest BCUT2D eigenvalue weighted by Crippen LogP contribution is -2.29. The quantitative estimate of drug-likeness (QED) is 0.176. The molecule has 320 valence electrons. The van der Waals surface area contributed by atoms with E-state index in [4.69, 9.17) is 23.8 Å². The van der Waals surface area contributed by atoms with Gasteiger partial charge in [-0.2, -0.15) is 0 Å². The van der Waals surface area contributed by atoms with Crippen molar-refractivity contribution in [1.29, 1.82) is 0 Å². The molecule has 2 aliphatic rings. The number of nitrogens with zero attached hydrogens (tertiary/aromatic N) is 3. The van der Waals surface area contributed by atoms with E-state index in [1.807, 2.05) is 30.3 Å². The molecule has 0 fully saturated rings. The summed E-state index contributed by atoms with van der Waals surface area (Å²) in [7, 11) is 0. The highest BCUT2D eigenvalue weighted by Gasteiger charge is 2.50. The minimum Gasteiger partial charge on any atom is -0.455 e. The maximum atomic E-state index is 6.87. The van der Waals surface area contributed by atoms with Gasteiger partial charge in [0.2, 0.25) is 0 Å². The lowest BCUT2D eigenvalue weighted by Gasteiger charge is -2.35. The Morgan fingerprint density at radius 3 is 1.54 bits per heavy atom. The standard InChI is InChI=1S/C64H37N3O2/c1-2-16-38(17-3-1)39-18-14-19-40(36-39)61-65-62(67-63(66-61)50-27-15-26-47-45-23-8-12-30-56(45)68-59(47)50)41-32-34-54-51(37-41)43-21-5-4-20-42(43)44-22-6-10-28-52(44)64(54)53-29-11-7-25-49(53)58-55(64)35-33-48-46-24-9-13-31-57(46)69-60(48)58/h1-37H. The van der Waals surface area contributed by atoms with Gasteiger partial charge in [-0.1, -0.05) is 194 Å². The first-order chi connectivity index (χ1) is 34.2. The van der Waals surface area contributed by atoms with Gasteiger partial charge in [-0.25, -0.2) is 15.0 Å². The van der Waals surface area contributed by atoms with E-state index in [-0.39, 0.29) is 0 Å². The van der Waals surface area contributed by atoms with E-state index in [1.165, 1.54) is 38.9 Å². The zero-order valence-electron chi connectivity index (χ0n) is 37.0. The summed E-state index contributed by atoms with van der Waals surface area (Å²) in [5.41, 5.74) is 19.2. The fourth-order valence-electron chi connectivity index (χ4n) is 11.6. The summed E-state index contributed by atoms with van der Waals surface area (Å²) in [5.74, 6) is 1.69. The largest absolute Gasteiger partial charge is 0.455 e. The molecule has 0 N–H and O–H groups in total. The molecule has 15 rings (SSSR count). The van der Waals surface area contributed by atoms with E-state index in [2.05, 4.69) is 194 Å². The predicted molar refractivity (Wildman–Crippen MR) is 278 cm³/mol. The highest BCUT2D eigenvalue weighted by atomic mass is 16.3.